The van der Waals surface area contributed by atoms with E-state index in [1.54, 1.807) is 13.0 Å². The highest BCUT2D eigenvalue weighted by Gasteiger charge is 2.34. The molecule has 256 valence electrons. The quantitative estimate of drug-likeness (QED) is 0.0423. The molecule has 2 aliphatic rings. The number of carbonyl (C=O) groups is 1. The molecule has 4 N–H and O–H groups in total. The lowest BCUT2D eigenvalue weighted by Gasteiger charge is -2.22. The van der Waals surface area contributed by atoms with Crippen molar-refractivity contribution < 1.29 is 34.7 Å². The Morgan fingerprint density at radius 3 is 1.89 bits per heavy atom. The van der Waals surface area contributed by atoms with Crippen LogP contribution in [0.1, 0.15) is 162 Å². The maximum absolute atomic E-state index is 11.7. The second-order valence-corrected chi connectivity index (χ2v) is 13.5. The monoisotopic (exact) mass is 622 g/mol. The fourth-order valence-corrected chi connectivity index (χ4v) is 6.46. The van der Waals surface area contributed by atoms with Gasteiger partial charge in [0.1, 0.15) is 6.10 Å². The summed E-state index contributed by atoms with van der Waals surface area (Å²) in [5, 5.41) is 41.7. The molecule has 0 aromatic rings. The van der Waals surface area contributed by atoms with Crippen molar-refractivity contribution in [2.45, 2.75) is 204 Å². The lowest BCUT2D eigenvalue weighted by atomic mass is 9.98. The standard InChI is InChI=1S/C37H66O7/c1-3-4-5-6-7-8-9-10-11-12-13-14-15-18-21-33(40)35-25-26-36(44-35)34(41)22-19-16-17-20-31(38)23-24-32(39)28-30-27-29(2)43-37(30)42/h14-15,27,29,31-36,38-41H,3-13,16-26,28H2,1-2H3/b15-14-/t29-,31?,32+,33+,34+,35+,36+/m0/s1. The van der Waals surface area contributed by atoms with Gasteiger partial charge in [-0.3, -0.25) is 0 Å². The van der Waals surface area contributed by atoms with E-state index in [2.05, 4.69) is 19.1 Å². The molecular weight excluding hydrogens is 556 g/mol. The molecule has 7 atom stereocenters. The molecule has 44 heavy (non-hydrogen) atoms. The molecule has 2 aliphatic heterocycles. The smallest absolute Gasteiger partial charge is 0.334 e. The van der Waals surface area contributed by atoms with E-state index >= 15 is 0 Å². The third kappa shape index (κ3) is 17.4. The number of hydrogen-bond donors (Lipinski definition) is 4. The van der Waals surface area contributed by atoms with E-state index in [9.17, 15) is 25.2 Å². The van der Waals surface area contributed by atoms with E-state index < -0.39 is 24.4 Å². The van der Waals surface area contributed by atoms with Crippen LogP contribution >= 0.6 is 0 Å². The van der Waals surface area contributed by atoms with Gasteiger partial charge in [0, 0.05) is 12.0 Å². The molecule has 0 aliphatic carbocycles. The van der Waals surface area contributed by atoms with Gasteiger partial charge in [-0.2, -0.15) is 0 Å². The Morgan fingerprint density at radius 2 is 1.25 bits per heavy atom. The predicted octanol–water partition coefficient (Wildman–Crippen LogP) is 7.62. The second kappa shape index (κ2) is 24.0. The van der Waals surface area contributed by atoms with Crippen LogP contribution in [0.25, 0.3) is 0 Å². The molecule has 0 aromatic heterocycles. The van der Waals surface area contributed by atoms with Gasteiger partial charge in [-0.05, 0) is 77.2 Å². The topological polar surface area (TPSA) is 116 Å². The van der Waals surface area contributed by atoms with Gasteiger partial charge in [-0.25, -0.2) is 4.79 Å². The van der Waals surface area contributed by atoms with Gasteiger partial charge >= 0.3 is 5.97 Å². The summed E-state index contributed by atoms with van der Waals surface area (Å²) in [6.45, 7) is 4.06. The first-order valence-corrected chi connectivity index (χ1v) is 18.2. The van der Waals surface area contributed by atoms with Gasteiger partial charge in [-0.15, -0.1) is 0 Å². The van der Waals surface area contributed by atoms with Crippen molar-refractivity contribution in [3.8, 4) is 0 Å². The third-order valence-corrected chi connectivity index (χ3v) is 9.28. The summed E-state index contributed by atoms with van der Waals surface area (Å²) in [6, 6.07) is 0. The van der Waals surface area contributed by atoms with Crippen molar-refractivity contribution in [3.05, 3.63) is 23.8 Å². The van der Waals surface area contributed by atoms with Crippen molar-refractivity contribution in [2.75, 3.05) is 0 Å². The second-order valence-electron chi connectivity index (χ2n) is 13.5. The first kappa shape index (κ1) is 38.9. The van der Waals surface area contributed by atoms with E-state index in [1.165, 1.54) is 64.2 Å². The highest BCUT2D eigenvalue weighted by Crippen LogP contribution is 2.28. The molecule has 0 bridgehead atoms. The van der Waals surface area contributed by atoms with E-state index in [0.717, 1.165) is 44.9 Å². The van der Waals surface area contributed by atoms with Crippen LogP contribution in [0.5, 0.6) is 0 Å². The Kier molecular flexibility index (Phi) is 21.2. The fourth-order valence-electron chi connectivity index (χ4n) is 6.46. The molecule has 1 unspecified atom stereocenters. The Hall–Kier alpha value is -1.25. The number of aliphatic hydroxyl groups is 4. The minimum Gasteiger partial charge on any atom is -0.455 e. The van der Waals surface area contributed by atoms with Crippen molar-refractivity contribution in [2.24, 2.45) is 0 Å². The molecule has 7 nitrogen and oxygen atoms in total. The van der Waals surface area contributed by atoms with Gasteiger partial charge in [0.25, 0.3) is 0 Å². The number of cyclic esters (lactones) is 1. The van der Waals surface area contributed by atoms with E-state index in [0.29, 0.717) is 37.7 Å². The first-order valence-electron chi connectivity index (χ1n) is 18.2. The zero-order valence-electron chi connectivity index (χ0n) is 28.1. The lowest BCUT2D eigenvalue weighted by molar-refractivity contribution is -0.139. The summed E-state index contributed by atoms with van der Waals surface area (Å²) < 4.78 is 11.1. The highest BCUT2D eigenvalue weighted by molar-refractivity contribution is 5.90. The summed E-state index contributed by atoms with van der Waals surface area (Å²) >= 11 is 0. The predicted molar refractivity (Wildman–Crippen MR) is 177 cm³/mol. The summed E-state index contributed by atoms with van der Waals surface area (Å²) in [4.78, 5) is 11.7. The van der Waals surface area contributed by atoms with Crippen LogP contribution in [0, 0.1) is 0 Å². The van der Waals surface area contributed by atoms with Crippen LogP contribution in [-0.4, -0.2) is 69.1 Å². The number of allylic oxidation sites excluding steroid dienone is 2. The number of rotatable bonds is 27. The van der Waals surface area contributed by atoms with Crippen LogP contribution in [0.4, 0.5) is 0 Å². The molecule has 0 spiro atoms. The summed E-state index contributed by atoms with van der Waals surface area (Å²) in [6.07, 6.45) is 26.5. The molecule has 0 aromatic carbocycles. The molecule has 7 heteroatoms. The molecule has 2 heterocycles. The maximum Gasteiger partial charge on any atom is 0.334 e. The van der Waals surface area contributed by atoms with Crippen molar-refractivity contribution in [3.63, 3.8) is 0 Å². The van der Waals surface area contributed by atoms with Gasteiger partial charge in [0.2, 0.25) is 0 Å². The fraction of sp³-hybridized carbons (Fsp3) is 0.865. The van der Waals surface area contributed by atoms with E-state index in [4.69, 9.17) is 9.47 Å². The van der Waals surface area contributed by atoms with Crippen LogP contribution in [0.3, 0.4) is 0 Å². The maximum atomic E-state index is 11.7. The molecule has 1 fully saturated rings. The number of esters is 1. The Balaban J connectivity index is 1.42. The zero-order valence-corrected chi connectivity index (χ0v) is 28.1. The van der Waals surface area contributed by atoms with Gasteiger partial charge in [-0.1, -0.05) is 96.1 Å². The van der Waals surface area contributed by atoms with E-state index in [-0.39, 0.29) is 30.7 Å². The molecule has 2 rings (SSSR count). The van der Waals surface area contributed by atoms with Crippen LogP contribution < -0.4 is 0 Å². The van der Waals surface area contributed by atoms with Gasteiger partial charge in [0.15, 0.2) is 0 Å². The number of unbranched alkanes of at least 4 members (excludes halogenated alkanes) is 12. The van der Waals surface area contributed by atoms with Gasteiger partial charge in [0.05, 0.1) is 36.6 Å². The number of aliphatic hydroxyl groups excluding tert-OH is 4. The number of hydrogen-bond acceptors (Lipinski definition) is 7. The Morgan fingerprint density at radius 1 is 0.705 bits per heavy atom. The van der Waals surface area contributed by atoms with E-state index in [1.807, 2.05) is 0 Å². The van der Waals surface area contributed by atoms with Crippen molar-refractivity contribution in [1.82, 2.24) is 0 Å². The highest BCUT2D eigenvalue weighted by atomic mass is 16.5. The Bertz CT molecular complexity index is 797. The molecule has 1 saturated heterocycles. The van der Waals surface area contributed by atoms with Gasteiger partial charge < -0.3 is 29.9 Å². The van der Waals surface area contributed by atoms with Crippen LogP contribution in [0.2, 0.25) is 0 Å². The summed E-state index contributed by atoms with van der Waals surface area (Å²) in [7, 11) is 0. The van der Waals surface area contributed by atoms with Crippen LogP contribution in [-0.2, 0) is 14.3 Å². The normalized spacial score (nSPS) is 23.2. The first-order chi connectivity index (χ1) is 21.3. The molecule has 0 saturated carbocycles. The average molecular weight is 623 g/mol. The SMILES string of the molecule is CCCCCCCCCCCC/C=C\CC[C@@H](O)[C@H]1CC[C@H]([C@H](O)CCCCCC(O)CC[C@@H](O)CC2=C[C@H](C)OC2=O)O1. The minimum absolute atomic E-state index is 0.186. The van der Waals surface area contributed by atoms with Crippen LogP contribution in [0.15, 0.2) is 23.8 Å². The Labute approximate surface area is 268 Å². The number of carbonyl (C=O) groups excluding carboxylic acids is 1. The van der Waals surface area contributed by atoms with Crippen molar-refractivity contribution in [1.29, 1.82) is 0 Å². The number of ether oxygens (including phenoxy) is 2. The summed E-state index contributed by atoms with van der Waals surface area (Å²) in [5.41, 5.74) is 0.521. The molecule has 0 radical (unpaired) electrons. The average Bonchev–Trinajstić information content (AvgIpc) is 3.62. The largest absolute Gasteiger partial charge is 0.455 e. The third-order valence-electron chi connectivity index (χ3n) is 9.28. The molecular formula is C37H66O7. The summed E-state index contributed by atoms with van der Waals surface area (Å²) in [5.74, 6) is -0.355. The lowest BCUT2D eigenvalue weighted by Crippen LogP contribution is -2.31. The van der Waals surface area contributed by atoms with Crippen molar-refractivity contribution >= 4 is 5.97 Å². The molecule has 0 amide bonds. The minimum atomic E-state index is -0.659. The zero-order chi connectivity index (χ0) is 32.0.